The molecule has 54 heavy (non-hydrogen) atoms. The second-order valence-electron chi connectivity index (χ2n) is 15.4. The number of benzene rings is 8. The third-order valence-electron chi connectivity index (χ3n) is 12.0. The molecule has 1 nitrogen and oxygen atoms in total. The highest BCUT2D eigenvalue weighted by Crippen LogP contribution is 2.57. The van der Waals surface area contributed by atoms with E-state index in [1.54, 1.807) is 0 Å². The standard InChI is InChI=1S/C53H41N/c1-36-32-40(53(39-18-8-5-9-19-39)49-24-14-11-21-45(49)46-22-12-15-25-50(46)53)34-43(33-36)54(41-28-26-38(27-29-41)37-16-6-4-7-17-37)42-30-31-47-44-20-10-13-23-48(44)52(2,3)51(47)35-42/h4-35H,1-3H3. The Hall–Kier alpha value is -6.44. The molecule has 2 aliphatic carbocycles. The Kier molecular flexibility index (Phi) is 7.35. The molecule has 8 aromatic rings. The molecule has 0 spiro atoms. The fourth-order valence-electron chi connectivity index (χ4n) is 9.53. The zero-order chi connectivity index (χ0) is 36.4. The van der Waals surface area contributed by atoms with Crippen LogP contribution in [-0.2, 0) is 10.8 Å². The van der Waals surface area contributed by atoms with Gasteiger partial charge < -0.3 is 4.90 Å². The van der Waals surface area contributed by atoms with Crippen molar-refractivity contribution in [2.24, 2.45) is 0 Å². The predicted molar refractivity (Wildman–Crippen MR) is 226 cm³/mol. The Morgan fingerprint density at radius 1 is 0.352 bits per heavy atom. The van der Waals surface area contributed by atoms with Gasteiger partial charge in [0, 0.05) is 22.5 Å². The Morgan fingerprint density at radius 3 is 1.50 bits per heavy atom. The van der Waals surface area contributed by atoms with Crippen LogP contribution in [0, 0.1) is 6.92 Å². The number of hydrogen-bond acceptors (Lipinski definition) is 1. The largest absolute Gasteiger partial charge is 0.310 e. The van der Waals surface area contributed by atoms with Crippen LogP contribution in [0.25, 0.3) is 33.4 Å². The van der Waals surface area contributed by atoms with E-state index in [2.05, 4.69) is 220 Å². The summed E-state index contributed by atoms with van der Waals surface area (Å²) in [6.07, 6.45) is 0. The van der Waals surface area contributed by atoms with E-state index in [1.165, 1.54) is 72.3 Å². The zero-order valence-electron chi connectivity index (χ0n) is 30.9. The second-order valence-corrected chi connectivity index (χ2v) is 15.4. The molecule has 0 atom stereocenters. The van der Waals surface area contributed by atoms with Crippen LogP contribution in [0.5, 0.6) is 0 Å². The second kappa shape index (κ2) is 12.3. The van der Waals surface area contributed by atoms with Crippen LogP contribution >= 0.6 is 0 Å². The van der Waals surface area contributed by atoms with Crippen molar-refractivity contribution in [3.63, 3.8) is 0 Å². The molecule has 0 fully saturated rings. The molecule has 0 unspecified atom stereocenters. The van der Waals surface area contributed by atoms with Crippen molar-refractivity contribution in [1.82, 2.24) is 0 Å². The van der Waals surface area contributed by atoms with Crippen molar-refractivity contribution in [3.8, 4) is 33.4 Å². The third kappa shape index (κ3) is 4.78. The minimum absolute atomic E-state index is 0.114. The molecule has 0 aliphatic heterocycles. The number of fused-ring (bicyclic) bond motifs is 6. The first-order valence-corrected chi connectivity index (χ1v) is 19.0. The topological polar surface area (TPSA) is 3.24 Å². The van der Waals surface area contributed by atoms with Gasteiger partial charge in [-0.2, -0.15) is 0 Å². The average Bonchev–Trinajstić information content (AvgIpc) is 3.65. The van der Waals surface area contributed by atoms with Gasteiger partial charge in [0.15, 0.2) is 0 Å². The SMILES string of the molecule is Cc1cc(N(c2ccc(-c3ccccc3)cc2)c2ccc3c(c2)C(C)(C)c2ccccc2-3)cc(C2(c3ccccc3)c3ccccc3-c3ccccc32)c1. The highest BCUT2D eigenvalue weighted by Gasteiger charge is 2.46. The van der Waals surface area contributed by atoms with Gasteiger partial charge in [0.2, 0.25) is 0 Å². The van der Waals surface area contributed by atoms with E-state index in [9.17, 15) is 0 Å². The number of hydrogen-bond donors (Lipinski definition) is 0. The van der Waals surface area contributed by atoms with Crippen molar-refractivity contribution in [3.05, 3.63) is 233 Å². The van der Waals surface area contributed by atoms with Crippen molar-refractivity contribution in [2.45, 2.75) is 31.6 Å². The molecule has 8 aromatic carbocycles. The van der Waals surface area contributed by atoms with Gasteiger partial charge in [-0.25, -0.2) is 0 Å². The molecule has 1 heteroatoms. The number of aryl methyl sites for hydroxylation is 1. The highest BCUT2D eigenvalue weighted by atomic mass is 15.1. The van der Waals surface area contributed by atoms with E-state index < -0.39 is 5.41 Å². The Labute approximate surface area is 318 Å². The van der Waals surface area contributed by atoms with Crippen LogP contribution < -0.4 is 4.90 Å². The first-order chi connectivity index (χ1) is 26.4. The first kappa shape index (κ1) is 32.2. The molecule has 0 amide bonds. The average molecular weight is 692 g/mol. The molecule has 0 bridgehead atoms. The quantitative estimate of drug-likeness (QED) is 0.168. The lowest BCUT2D eigenvalue weighted by atomic mass is 9.67. The molecule has 2 aliphatic rings. The molecule has 0 heterocycles. The van der Waals surface area contributed by atoms with E-state index in [0.29, 0.717) is 0 Å². The molecule has 0 aromatic heterocycles. The van der Waals surface area contributed by atoms with Gasteiger partial charge >= 0.3 is 0 Å². The third-order valence-corrected chi connectivity index (χ3v) is 12.0. The summed E-state index contributed by atoms with van der Waals surface area (Å²) >= 11 is 0. The summed E-state index contributed by atoms with van der Waals surface area (Å²) in [4.78, 5) is 2.47. The van der Waals surface area contributed by atoms with Gasteiger partial charge in [0.25, 0.3) is 0 Å². The first-order valence-electron chi connectivity index (χ1n) is 19.0. The maximum atomic E-state index is 2.47. The molecule has 0 saturated heterocycles. The van der Waals surface area contributed by atoms with Crippen molar-refractivity contribution in [1.29, 1.82) is 0 Å². The molecule has 10 rings (SSSR count). The molecule has 0 radical (unpaired) electrons. The summed E-state index contributed by atoms with van der Waals surface area (Å²) in [5.41, 5.74) is 19.7. The summed E-state index contributed by atoms with van der Waals surface area (Å²) in [5, 5.41) is 0. The maximum absolute atomic E-state index is 2.47. The van der Waals surface area contributed by atoms with Crippen LogP contribution in [0.1, 0.15) is 52.8 Å². The van der Waals surface area contributed by atoms with Gasteiger partial charge in [-0.1, -0.05) is 172 Å². The summed E-state index contributed by atoms with van der Waals surface area (Å²) in [6.45, 7) is 6.98. The minimum Gasteiger partial charge on any atom is -0.310 e. The van der Waals surface area contributed by atoms with Crippen LogP contribution in [0.4, 0.5) is 17.1 Å². The Morgan fingerprint density at radius 2 is 0.852 bits per heavy atom. The van der Waals surface area contributed by atoms with Gasteiger partial charge in [-0.15, -0.1) is 0 Å². The maximum Gasteiger partial charge on any atom is 0.0714 e. The predicted octanol–water partition coefficient (Wildman–Crippen LogP) is 13.8. The molecule has 0 saturated carbocycles. The molecule has 0 N–H and O–H groups in total. The van der Waals surface area contributed by atoms with Crippen LogP contribution in [0.3, 0.4) is 0 Å². The van der Waals surface area contributed by atoms with Crippen molar-refractivity contribution in [2.75, 3.05) is 4.90 Å². The fraction of sp³-hybridized carbons (Fsp3) is 0.0943. The zero-order valence-corrected chi connectivity index (χ0v) is 30.9. The van der Waals surface area contributed by atoms with Gasteiger partial charge in [-0.3, -0.25) is 0 Å². The lowest BCUT2D eigenvalue weighted by molar-refractivity contribution is 0.660. The Bertz CT molecular complexity index is 2640. The normalized spacial score (nSPS) is 14.1. The van der Waals surface area contributed by atoms with E-state index in [0.717, 1.165) is 17.1 Å². The summed E-state index contributed by atoms with van der Waals surface area (Å²) in [6, 6.07) is 72.1. The van der Waals surface area contributed by atoms with Gasteiger partial charge in [-0.05, 0) is 116 Å². The van der Waals surface area contributed by atoms with Crippen molar-refractivity contribution < 1.29 is 0 Å². The molecular weight excluding hydrogens is 651 g/mol. The van der Waals surface area contributed by atoms with Crippen LogP contribution in [0.2, 0.25) is 0 Å². The van der Waals surface area contributed by atoms with E-state index in [1.807, 2.05) is 0 Å². The lowest BCUT2D eigenvalue weighted by Crippen LogP contribution is -2.29. The minimum atomic E-state index is -0.486. The smallest absolute Gasteiger partial charge is 0.0714 e. The van der Waals surface area contributed by atoms with Crippen LogP contribution in [0.15, 0.2) is 194 Å². The monoisotopic (exact) mass is 691 g/mol. The van der Waals surface area contributed by atoms with Gasteiger partial charge in [0.1, 0.15) is 0 Å². The van der Waals surface area contributed by atoms with E-state index in [4.69, 9.17) is 0 Å². The number of rotatable bonds is 6. The highest BCUT2D eigenvalue weighted by molar-refractivity contribution is 5.89. The van der Waals surface area contributed by atoms with E-state index >= 15 is 0 Å². The van der Waals surface area contributed by atoms with Crippen LogP contribution in [-0.4, -0.2) is 0 Å². The summed E-state index contributed by atoms with van der Waals surface area (Å²) in [7, 11) is 0. The number of anilines is 3. The Balaban J connectivity index is 1.22. The fourth-order valence-corrected chi connectivity index (χ4v) is 9.53. The summed E-state index contributed by atoms with van der Waals surface area (Å²) < 4.78 is 0. The summed E-state index contributed by atoms with van der Waals surface area (Å²) in [5.74, 6) is 0. The van der Waals surface area contributed by atoms with Crippen molar-refractivity contribution >= 4 is 17.1 Å². The lowest BCUT2D eigenvalue weighted by Gasteiger charge is -2.35. The number of nitrogens with zero attached hydrogens (tertiary/aromatic N) is 1. The van der Waals surface area contributed by atoms with Gasteiger partial charge in [0.05, 0.1) is 5.41 Å². The molecular formula is C53H41N. The molecule has 258 valence electrons. The van der Waals surface area contributed by atoms with E-state index in [-0.39, 0.29) is 5.41 Å².